The molecule has 0 saturated carbocycles. The predicted octanol–water partition coefficient (Wildman–Crippen LogP) is 3.20. The summed E-state index contributed by atoms with van der Waals surface area (Å²) in [5.74, 6) is 1.09. The number of hydrogen-bond donors (Lipinski definition) is 0. The summed E-state index contributed by atoms with van der Waals surface area (Å²) in [5, 5.41) is 0. The van der Waals surface area contributed by atoms with Crippen LogP contribution in [0.4, 0.5) is 0 Å². The molecule has 0 aliphatic heterocycles. The van der Waals surface area contributed by atoms with Gasteiger partial charge in [0, 0.05) is 25.9 Å². The molecule has 0 bridgehead atoms. The maximum Gasteiger partial charge on any atom is 0.310 e. The monoisotopic (exact) mass is 270 g/mol. The average Bonchev–Trinajstić information content (AvgIpc) is 2.20. The van der Waals surface area contributed by atoms with E-state index in [0.717, 1.165) is 6.42 Å². The molecule has 0 aliphatic rings. The summed E-state index contributed by atoms with van der Waals surface area (Å²) in [4.78, 5) is 11.0. The van der Waals surface area contributed by atoms with E-state index >= 15 is 0 Å². The van der Waals surface area contributed by atoms with Crippen molar-refractivity contribution in [1.82, 2.24) is 0 Å². The number of carbonyl (C=O) groups is 1. The minimum atomic E-state index is -0.188. The first-order chi connectivity index (χ1) is 7.11. The first-order valence-corrected chi connectivity index (χ1v) is 5.41. The van der Waals surface area contributed by atoms with Crippen LogP contribution < -0.4 is 4.74 Å². The fourth-order valence-corrected chi connectivity index (χ4v) is 1.37. The summed E-state index contributed by atoms with van der Waals surface area (Å²) in [6, 6.07) is 7.73. The molecule has 0 heterocycles. The van der Waals surface area contributed by atoms with Gasteiger partial charge in [-0.15, -0.1) is 0 Å². The second kappa shape index (κ2) is 7.56. The molecule has 84 valence electrons. The third-order valence-corrected chi connectivity index (χ3v) is 2.09. The van der Waals surface area contributed by atoms with Crippen LogP contribution in [0.1, 0.15) is 32.8 Å². The van der Waals surface area contributed by atoms with Crippen molar-refractivity contribution in [2.24, 2.45) is 5.92 Å². The third-order valence-electron chi connectivity index (χ3n) is 2.09. The molecule has 0 aromatic heterocycles. The molecule has 0 radical (unpaired) electrons. The SMILES string of the molecule is CCC(=O)Oc1ccc(CC(C)C)cc1.[Zn]. The van der Waals surface area contributed by atoms with E-state index in [9.17, 15) is 4.79 Å². The van der Waals surface area contributed by atoms with Crippen molar-refractivity contribution >= 4 is 5.97 Å². The number of ether oxygens (including phenoxy) is 1. The molecule has 16 heavy (non-hydrogen) atoms. The Morgan fingerprint density at radius 3 is 2.25 bits per heavy atom. The Morgan fingerprint density at radius 2 is 1.81 bits per heavy atom. The van der Waals surface area contributed by atoms with E-state index < -0.39 is 0 Å². The van der Waals surface area contributed by atoms with Gasteiger partial charge in [-0.25, -0.2) is 0 Å². The van der Waals surface area contributed by atoms with E-state index in [0.29, 0.717) is 18.1 Å². The molecule has 0 fully saturated rings. The Balaban J connectivity index is 0.00000225. The Kier molecular flexibility index (Phi) is 7.24. The minimum absolute atomic E-state index is 0. The van der Waals surface area contributed by atoms with E-state index in [2.05, 4.69) is 13.8 Å². The summed E-state index contributed by atoms with van der Waals surface area (Å²) in [6.07, 6.45) is 1.47. The van der Waals surface area contributed by atoms with Gasteiger partial charge in [-0.1, -0.05) is 32.9 Å². The van der Waals surface area contributed by atoms with Gasteiger partial charge < -0.3 is 4.74 Å². The molecule has 0 saturated heterocycles. The topological polar surface area (TPSA) is 26.3 Å². The molecule has 0 spiro atoms. The zero-order valence-corrected chi connectivity index (χ0v) is 13.3. The number of esters is 1. The summed E-state index contributed by atoms with van der Waals surface area (Å²) >= 11 is 0. The fraction of sp³-hybridized carbons (Fsp3) is 0.462. The molecule has 3 heteroatoms. The molecular weight excluding hydrogens is 254 g/mol. The van der Waals surface area contributed by atoms with E-state index in [1.54, 1.807) is 6.92 Å². The molecule has 0 amide bonds. The molecule has 2 nitrogen and oxygen atoms in total. The van der Waals surface area contributed by atoms with Crippen LogP contribution in [0, 0.1) is 5.92 Å². The van der Waals surface area contributed by atoms with Crippen molar-refractivity contribution in [3.05, 3.63) is 29.8 Å². The van der Waals surface area contributed by atoms with E-state index in [1.807, 2.05) is 24.3 Å². The molecular formula is C13H18O2Zn. The molecule has 1 aromatic rings. The van der Waals surface area contributed by atoms with Gasteiger partial charge in [0.15, 0.2) is 0 Å². The summed E-state index contributed by atoms with van der Waals surface area (Å²) in [7, 11) is 0. The molecule has 1 rings (SSSR count). The quantitative estimate of drug-likeness (QED) is 0.478. The zero-order chi connectivity index (χ0) is 11.3. The summed E-state index contributed by atoms with van der Waals surface area (Å²) in [5.41, 5.74) is 1.28. The minimum Gasteiger partial charge on any atom is -0.427 e. The molecule has 0 N–H and O–H groups in total. The maximum absolute atomic E-state index is 11.0. The second-order valence-corrected chi connectivity index (χ2v) is 4.07. The van der Waals surface area contributed by atoms with Gasteiger partial charge in [-0.3, -0.25) is 4.79 Å². The Labute approximate surface area is 110 Å². The van der Waals surface area contributed by atoms with E-state index in [-0.39, 0.29) is 25.4 Å². The van der Waals surface area contributed by atoms with Crippen LogP contribution in [0.25, 0.3) is 0 Å². The first-order valence-electron chi connectivity index (χ1n) is 5.41. The largest absolute Gasteiger partial charge is 0.427 e. The smallest absolute Gasteiger partial charge is 0.310 e. The van der Waals surface area contributed by atoms with Gasteiger partial charge in [0.1, 0.15) is 5.75 Å². The fourth-order valence-electron chi connectivity index (χ4n) is 1.37. The average molecular weight is 272 g/mol. The van der Waals surface area contributed by atoms with Crippen molar-refractivity contribution < 1.29 is 29.0 Å². The zero-order valence-electron chi connectivity index (χ0n) is 10.3. The molecule has 1 aromatic carbocycles. The normalized spacial score (nSPS) is 9.75. The predicted molar refractivity (Wildman–Crippen MR) is 60.9 cm³/mol. The number of carbonyl (C=O) groups excluding carboxylic acids is 1. The Morgan fingerprint density at radius 1 is 1.25 bits per heavy atom. The van der Waals surface area contributed by atoms with Crippen LogP contribution in [0.2, 0.25) is 0 Å². The Bertz CT molecular complexity index is 317. The van der Waals surface area contributed by atoms with E-state index in [4.69, 9.17) is 4.74 Å². The van der Waals surface area contributed by atoms with Gasteiger partial charge in [-0.2, -0.15) is 0 Å². The van der Waals surface area contributed by atoms with Crippen LogP contribution in [0.5, 0.6) is 5.75 Å². The number of rotatable bonds is 4. The van der Waals surface area contributed by atoms with Gasteiger partial charge in [0.05, 0.1) is 0 Å². The third kappa shape index (κ3) is 5.41. The molecule has 0 aliphatic carbocycles. The van der Waals surface area contributed by atoms with Crippen molar-refractivity contribution in [2.45, 2.75) is 33.6 Å². The van der Waals surface area contributed by atoms with Gasteiger partial charge in [-0.05, 0) is 30.0 Å². The van der Waals surface area contributed by atoms with Crippen molar-refractivity contribution in [3.8, 4) is 5.75 Å². The second-order valence-electron chi connectivity index (χ2n) is 4.07. The van der Waals surface area contributed by atoms with Crippen molar-refractivity contribution in [1.29, 1.82) is 0 Å². The van der Waals surface area contributed by atoms with E-state index in [1.165, 1.54) is 5.56 Å². The summed E-state index contributed by atoms with van der Waals surface area (Å²) in [6.45, 7) is 6.16. The standard InChI is InChI=1S/C13H18O2.Zn/c1-4-13(14)15-12-7-5-11(6-8-12)9-10(2)3;/h5-8,10H,4,9H2,1-3H3;. The molecule has 0 unspecified atom stereocenters. The number of hydrogen-bond acceptors (Lipinski definition) is 2. The number of benzene rings is 1. The van der Waals surface area contributed by atoms with Crippen LogP contribution in [0.15, 0.2) is 24.3 Å². The van der Waals surface area contributed by atoms with Crippen LogP contribution in [0.3, 0.4) is 0 Å². The van der Waals surface area contributed by atoms with Crippen molar-refractivity contribution in [3.63, 3.8) is 0 Å². The van der Waals surface area contributed by atoms with Gasteiger partial charge in [0.2, 0.25) is 0 Å². The van der Waals surface area contributed by atoms with Crippen molar-refractivity contribution in [2.75, 3.05) is 0 Å². The van der Waals surface area contributed by atoms with Crippen LogP contribution >= 0.6 is 0 Å². The summed E-state index contributed by atoms with van der Waals surface area (Å²) < 4.78 is 5.08. The maximum atomic E-state index is 11.0. The van der Waals surface area contributed by atoms with Crippen LogP contribution in [-0.2, 0) is 30.7 Å². The first kappa shape index (κ1) is 15.3. The molecule has 0 atom stereocenters. The van der Waals surface area contributed by atoms with Crippen LogP contribution in [-0.4, -0.2) is 5.97 Å². The Hall–Kier alpha value is -0.687. The van der Waals surface area contributed by atoms with Gasteiger partial charge in [0.25, 0.3) is 0 Å². The van der Waals surface area contributed by atoms with Gasteiger partial charge >= 0.3 is 5.97 Å².